The number of nitrogens with zero attached hydrogens (tertiary/aromatic N) is 3. The summed E-state index contributed by atoms with van der Waals surface area (Å²) in [5, 5.41) is 13.3. The highest BCUT2D eigenvalue weighted by molar-refractivity contribution is 5.81. The summed E-state index contributed by atoms with van der Waals surface area (Å²) in [7, 11) is 3.66. The van der Waals surface area contributed by atoms with Crippen molar-refractivity contribution in [2.45, 2.75) is 6.42 Å². The van der Waals surface area contributed by atoms with Crippen molar-refractivity contribution in [2.75, 3.05) is 19.0 Å². The highest BCUT2D eigenvalue weighted by Gasteiger charge is 2.26. The van der Waals surface area contributed by atoms with Crippen molar-refractivity contribution in [3.63, 3.8) is 0 Å². The molecule has 0 aliphatic carbocycles. The van der Waals surface area contributed by atoms with Crippen LogP contribution < -0.4 is 22.0 Å². The van der Waals surface area contributed by atoms with Crippen molar-refractivity contribution in [3.8, 4) is 0 Å². The maximum absolute atomic E-state index is 12.5. The molecule has 0 radical (unpaired) electrons. The minimum atomic E-state index is -1.13. The number of esters is 1. The van der Waals surface area contributed by atoms with Crippen LogP contribution in [0.3, 0.4) is 0 Å². The fourth-order valence-electron chi connectivity index (χ4n) is 2.30. The number of carbonyl (C=O) groups is 1. The third-order valence-corrected chi connectivity index (χ3v) is 3.63. The molecule has 0 aliphatic rings. The summed E-state index contributed by atoms with van der Waals surface area (Å²) in [6.07, 6.45) is -0.108. The first kappa shape index (κ1) is 17.9. The number of fused-ring (bicyclic) bond motifs is 1. The monoisotopic (exact) mass is 353 g/mol. The molecule has 0 unspecified atom stereocenters. The van der Waals surface area contributed by atoms with E-state index < -0.39 is 38.6 Å². The lowest BCUT2D eigenvalue weighted by molar-refractivity contribution is -0.385. The minimum Gasteiger partial charge on any atom is -0.469 e. The number of hydrogen-bond acceptors (Lipinski definition) is 8. The summed E-state index contributed by atoms with van der Waals surface area (Å²) in [6, 6.07) is 0. The molecule has 2 rings (SSSR count). The number of aromatic amines is 1. The van der Waals surface area contributed by atoms with Gasteiger partial charge in [-0.1, -0.05) is 0 Å². The average Bonchev–Trinajstić information content (AvgIpc) is 2.56. The lowest BCUT2D eigenvalue weighted by Crippen LogP contribution is -2.39. The number of hydrogen-bond donors (Lipinski definition) is 2. The van der Waals surface area contributed by atoms with Gasteiger partial charge in [-0.05, 0) is 0 Å². The van der Waals surface area contributed by atoms with Crippen LogP contribution in [0.1, 0.15) is 6.42 Å². The molecule has 0 atom stereocenters. The van der Waals surface area contributed by atoms with Crippen LogP contribution in [-0.4, -0.2) is 38.7 Å². The molecule has 0 aliphatic heterocycles. The van der Waals surface area contributed by atoms with Crippen molar-refractivity contribution in [3.05, 3.63) is 41.2 Å². The van der Waals surface area contributed by atoms with Gasteiger partial charge >= 0.3 is 17.3 Å². The number of nitro groups is 1. The van der Waals surface area contributed by atoms with E-state index in [0.717, 1.165) is 11.6 Å². The number of carbonyl (C=O) groups excluding carboxylic acids is 1. The number of rotatable bonds is 5. The third kappa shape index (κ3) is 3.00. The van der Waals surface area contributed by atoms with Crippen molar-refractivity contribution in [1.29, 1.82) is 0 Å². The summed E-state index contributed by atoms with van der Waals surface area (Å²) in [5.41, 5.74) is -3.82. The first-order valence-electron chi connectivity index (χ1n) is 7.01. The molecule has 2 N–H and O–H groups in total. The van der Waals surface area contributed by atoms with E-state index in [4.69, 9.17) is 0 Å². The van der Waals surface area contributed by atoms with Gasteiger partial charge < -0.3 is 15.0 Å². The summed E-state index contributed by atoms with van der Waals surface area (Å²) in [6.45, 7) is -0.0618. The predicted molar refractivity (Wildman–Crippen MR) is 86.8 cm³/mol. The van der Waals surface area contributed by atoms with Gasteiger partial charge in [-0.2, -0.15) is 0 Å². The van der Waals surface area contributed by atoms with Crippen molar-refractivity contribution in [2.24, 2.45) is 14.1 Å². The van der Waals surface area contributed by atoms with Gasteiger partial charge in [-0.15, -0.1) is 0 Å². The van der Waals surface area contributed by atoms with Gasteiger partial charge in [0.1, 0.15) is 11.0 Å². The fraction of sp³-hybridized carbons (Fsp3) is 0.385. The topological polar surface area (TPSA) is 158 Å². The molecule has 2 aromatic rings. The van der Waals surface area contributed by atoms with Crippen LogP contribution in [0, 0.1) is 10.1 Å². The standard InChI is InChI=1S/C13H15N5O7/c1-16-11-7(12(21)17(2)13(16)22)9(20)8(18(23)24)10(15-11)14-5-4-6(19)25-3/h4-5H2,1-3H3,(H2,14,15,20). The number of ether oxygens (including phenoxy) is 1. The van der Waals surface area contributed by atoms with E-state index in [-0.39, 0.29) is 24.4 Å². The highest BCUT2D eigenvalue weighted by Crippen LogP contribution is 2.19. The van der Waals surface area contributed by atoms with E-state index in [9.17, 15) is 29.3 Å². The molecule has 0 aromatic carbocycles. The van der Waals surface area contributed by atoms with Crippen molar-refractivity contribution in [1.82, 2.24) is 14.1 Å². The quantitative estimate of drug-likeness (QED) is 0.385. The Balaban J connectivity index is 2.74. The molecule has 2 aromatic heterocycles. The number of aromatic nitrogens is 3. The van der Waals surface area contributed by atoms with Crippen molar-refractivity contribution < 1.29 is 14.5 Å². The second-order valence-electron chi connectivity index (χ2n) is 5.12. The van der Waals surface area contributed by atoms with E-state index in [0.29, 0.717) is 4.57 Å². The molecule has 134 valence electrons. The van der Waals surface area contributed by atoms with Crippen molar-refractivity contribution >= 4 is 28.5 Å². The van der Waals surface area contributed by atoms with Crippen LogP contribution in [0.15, 0.2) is 14.4 Å². The Kier molecular flexibility index (Phi) is 4.72. The van der Waals surface area contributed by atoms with Crippen LogP contribution in [-0.2, 0) is 23.6 Å². The van der Waals surface area contributed by atoms with Gasteiger partial charge in [0.15, 0.2) is 5.82 Å². The Bertz CT molecular complexity index is 1050. The van der Waals surface area contributed by atoms with Gasteiger partial charge in [0, 0.05) is 20.6 Å². The molecule has 25 heavy (non-hydrogen) atoms. The molecular weight excluding hydrogens is 338 g/mol. The summed E-state index contributed by atoms with van der Waals surface area (Å²) in [4.78, 5) is 60.6. The Morgan fingerprint density at radius 3 is 2.48 bits per heavy atom. The largest absolute Gasteiger partial charge is 0.469 e. The van der Waals surface area contributed by atoms with E-state index in [1.165, 1.54) is 14.2 Å². The van der Waals surface area contributed by atoms with Crippen LogP contribution in [0.5, 0.6) is 0 Å². The van der Waals surface area contributed by atoms with Crippen LogP contribution in [0.4, 0.5) is 11.5 Å². The predicted octanol–water partition coefficient (Wildman–Crippen LogP) is -1.19. The van der Waals surface area contributed by atoms with E-state index in [2.05, 4.69) is 15.0 Å². The van der Waals surface area contributed by atoms with Crippen LogP contribution in [0.25, 0.3) is 11.0 Å². The molecule has 0 bridgehead atoms. The zero-order chi connectivity index (χ0) is 18.9. The zero-order valence-electron chi connectivity index (χ0n) is 13.6. The summed E-state index contributed by atoms with van der Waals surface area (Å²) in [5.74, 6) is -0.866. The molecule has 12 heteroatoms. The SMILES string of the molecule is COC(=O)CCNc1[nH]c2c(c(=O)c1[N+](=O)[O-])c(=O)n(C)c(=O)n2C. The lowest BCUT2D eigenvalue weighted by atomic mass is 10.2. The molecule has 2 heterocycles. The fourth-order valence-corrected chi connectivity index (χ4v) is 2.30. The Morgan fingerprint density at radius 1 is 1.28 bits per heavy atom. The van der Waals surface area contributed by atoms with E-state index in [1.807, 2.05) is 0 Å². The van der Waals surface area contributed by atoms with Gasteiger partial charge in [0.25, 0.3) is 11.0 Å². The number of nitrogens with one attached hydrogen (secondary N) is 2. The first-order valence-corrected chi connectivity index (χ1v) is 7.01. The molecule has 0 spiro atoms. The first-order chi connectivity index (χ1) is 11.7. The average molecular weight is 353 g/mol. The van der Waals surface area contributed by atoms with Crippen LogP contribution >= 0.6 is 0 Å². The normalized spacial score (nSPS) is 10.7. The number of pyridine rings is 1. The minimum absolute atomic E-state index is 0.0618. The number of methoxy groups -OCH3 is 1. The molecular formula is C13H15N5O7. The Labute approximate surface area is 138 Å². The second kappa shape index (κ2) is 6.59. The van der Waals surface area contributed by atoms with E-state index in [1.54, 1.807) is 0 Å². The zero-order valence-corrected chi connectivity index (χ0v) is 13.6. The number of anilines is 1. The third-order valence-electron chi connectivity index (χ3n) is 3.63. The van der Waals surface area contributed by atoms with Crippen LogP contribution in [0.2, 0.25) is 0 Å². The molecule has 0 saturated heterocycles. The van der Waals surface area contributed by atoms with E-state index >= 15 is 0 Å². The van der Waals surface area contributed by atoms with Gasteiger partial charge in [0.2, 0.25) is 0 Å². The highest BCUT2D eigenvalue weighted by atomic mass is 16.6. The Hall–Kier alpha value is -3.44. The molecule has 0 saturated carbocycles. The molecule has 0 amide bonds. The number of H-pyrrole nitrogens is 1. The van der Waals surface area contributed by atoms with Gasteiger partial charge in [0.05, 0.1) is 18.5 Å². The van der Waals surface area contributed by atoms with Gasteiger partial charge in [-0.3, -0.25) is 33.6 Å². The summed E-state index contributed by atoms with van der Waals surface area (Å²) < 4.78 is 6.13. The van der Waals surface area contributed by atoms with Gasteiger partial charge in [-0.25, -0.2) is 4.79 Å². The molecule has 12 nitrogen and oxygen atoms in total. The lowest BCUT2D eigenvalue weighted by Gasteiger charge is -2.11. The maximum Gasteiger partial charge on any atom is 0.357 e. The number of aryl methyl sites for hydroxylation is 1. The Morgan fingerprint density at radius 2 is 1.92 bits per heavy atom. The molecule has 0 fully saturated rings. The summed E-state index contributed by atoms with van der Waals surface area (Å²) >= 11 is 0. The maximum atomic E-state index is 12.5. The second-order valence-corrected chi connectivity index (χ2v) is 5.12. The smallest absolute Gasteiger partial charge is 0.357 e.